The van der Waals surface area contributed by atoms with Crippen LogP contribution in [0.15, 0.2) is 109 Å². The Balaban J connectivity index is 1.28. The smallest absolute Gasteiger partial charge is 0.255 e. The fourth-order valence-corrected chi connectivity index (χ4v) is 3.51. The minimum Gasteiger partial charge on any atom is -0.376 e. The first-order valence-corrected chi connectivity index (χ1v) is 11.5. The average Bonchev–Trinajstić information content (AvgIpc) is 2.92. The van der Waals surface area contributed by atoms with Crippen LogP contribution in [0.3, 0.4) is 0 Å². The van der Waals surface area contributed by atoms with Gasteiger partial charge in [0.1, 0.15) is 0 Å². The van der Waals surface area contributed by atoms with Crippen molar-refractivity contribution in [1.82, 2.24) is 5.32 Å². The lowest BCUT2D eigenvalue weighted by Gasteiger charge is -2.11. The molecule has 0 radical (unpaired) electrons. The van der Waals surface area contributed by atoms with Gasteiger partial charge in [-0.05, 0) is 54.1 Å². The van der Waals surface area contributed by atoms with Gasteiger partial charge in [0.05, 0.1) is 6.54 Å². The Morgan fingerprint density at radius 3 is 1.92 bits per heavy atom. The van der Waals surface area contributed by atoms with Gasteiger partial charge in [-0.15, -0.1) is 0 Å². The van der Waals surface area contributed by atoms with E-state index in [4.69, 9.17) is 0 Å². The molecule has 0 aliphatic carbocycles. The molecule has 4 aromatic carbocycles. The number of carbonyl (C=O) groups excluding carboxylic acids is 3. The van der Waals surface area contributed by atoms with Crippen LogP contribution in [0.25, 0.3) is 0 Å². The van der Waals surface area contributed by atoms with Gasteiger partial charge in [0, 0.05) is 34.7 Å². The third-order valence-electron chi connectivity index (χ3n) is 5.31. The van der Waals surface area contributed by atoms with Crippen molar-refractivity contribution in [1.29, 1.82) is 0 Å². The Labute approximate surface area is 209 Å². The lowest BCUT2D eigenvalue weighted by atomic mass is 10.1. The van der Waals surface area contributed by atoms with E-state index in [-0.39, 0.29) is 24.3 Å². The summed E-state index contributed by atoms with van der Waals surface area (Å²) < 4.78 is 0. The lowest BCUT2D eigenvalue weighted by molar-refractivity contribution is -0.114. The van der Waals surface area contributed by atoms with Crippen LogP contribution in [-0.4, -0.2) is 24.3 Å². The largest absolute Gasteiger partial charge is 0.376 e. The van der Waals surface area contributed by atoms with E-state index in [2.05, 4.69) is 21.3 Å². The first-order valence-electron chi connectivity index (χ1n) is 11.5. The van der Waals surface area contributed by atoms with Crippen LogP contribution in [0.4, 0.5) is 17.1 Å². The van der Waals surface area contributed by atoms with Gasteiger partial charge in [-0.25, -0.2) is 0 Å². The highest BCUT2D eigenvalue weighted by atomic mass is 16.2. The Kier molecular flexibility index (Phi) is 8.07. The summed E-state index contributed by atoms with van der Waals surface area (Å²) in [4.78, 5) is 37.3. The van der Waals surface area contributed by atoms with E-state index >= 15 is 0 Å². The number of anilines is 3. The summed E-state index contributed by atoms with van der Waals surface area (Å²) in [6.07, 6.45) is 0. The fourth-order valence-electron chi connectivity index (χ4n) is 3.51. The molecule has 0 spiro atoms. The van der Waals surface area contributed by atoms with Gasteiger partial charge in [-0.1, -0.05) is 60.7 Å². The van der Waals surface area contributed by atoms with Gasteiger partial charge in [-0.3, -0.25) is 14.4 Å². The summed E-state index contributed by atoms with van der Waals surface area (Å²) in [5.74, 6) is -0.698. The molecule has 0 heterocycles. The molecule has 4 rings (SSSR count). The van der Waals surface area contributed by atoms with Gasteiger partial charge in [0.15, 0.2) is 0 Å². The summed E-state index contributed by atoms with van der Waals surface area (Å²) in [6, 6.07) is 32.5. The summed E-state index contributed by atoms with van der Waals surface area (Å²) in [7, 11) is 0. The molecule has 4 N–H and O–H groups in total. The Bertz CT molecular complexity index is 1340. The quantitative estimate of drug-likeness (QED) is 0.274. The molecule has 7 heteroatoms. The molecule has 3 amide bonds. The van der Waals surface area contributed by atoms with Crippen LogP contribution in [0.2, 0.25) is 0 Å². The monoisotopic (exact) mass is 478 g/mol. The minimum absolute atomic E-state index is 0.0144. The highest BCUT2D eigenvalue weighted by molar-refractivity contribution is 6.04. The van der Waals surface area contributed by atoms with Crippen molar-refractivity contribution in [3.8, 4) is 0 Å². The average molecular weight is 479 g/mol. The van der Waals surface area contributed by atoms with Crippen molar-refractivity contribution >= 4 is 34.8 Å². The molecule has 0 aliphatic heterocycles. The lowest BCUT2D eigenvalue weighted by Crippen LogP contribution is -2.24. The van der Waals surface area contributed by atoms with E-state index in [0.717, 1.165) is 5.56 Å². The van der Waals surface area contributed by atoms with Crippen LogP contribution >= 0.6 is 0 Å². The van der Waals surface area contributed by atoms with Crippen molar-refractivity contribution in [3.05, 3.63) is 126 Å². The molecule has 7 nitrogen and oxygen atoms in total. The molecule has 180 valence electrons. The minimum atomic E-state index is -0.268. The first kappa shape index (κ1) is 24.2. The third-order valence-corrected chi connectivity index (χ3v) is 5.31. The van der Waals surface area contributed by atoms with Crippen LogP contribution in [0.5, 0.6) is 0 Å². The van der Waals surface area contributed by atoms with Crippen LogP contribution in [0, 0.1) is 0 Å². The Hall–Kier alpha value is -4.91. The zero-order chi connectivity index (χ0) is 25.2. The molecule has 0 atom stereocenters. The molecule has 0 fully saturated rings. The van der Waals surface area contributed by atoms with E-state index in [0.29, 0.717) is 34.7 Å². The van der Waals surface area contributed by atoms with E-state index in [1.54, 1.807) is 66.7 Å². The standard InChI is InChI=1S/C29H26N4O3/c34-27(20-30-24-14-8-16-26(18-24)33-29(36)22-11-5-2-6-12-22)32-25-15-7-13-23(17-25)28(35)31-19-21-9-3-1-4-10-21/h1-18,30H,19-20H2,(H,31,35)(H,32,34)(H,33,36). The van der Waals surface area contributed by atoms with Crippen LogP contribution in [-0.2, 0) is 11.3 Å². The van der Waals surface area contributed by atoms with Gasteiger partial charge in [0.25, 0.3) is 11.8 Å². The maximum Gasteiger partial charge on any atom is 0.255 e. The zero-order valence-electron chi connectivity index (χ0n) is 19.5. The Morgan fingerprint density at radius 2 is 1.17 bits per heavy atom. The molecule has 36 heavy (non-hydrogen) atoms. The predicted octanol–water partition coefficient (Wildman–Crippen LogP) is 4.92. The van der Waals surface area contributed by atoms with Crippen molar-refractivity contribution in [2.75, 3.05) is 22.5 Å². The zero-order valence-corrected chi connectivity index (χ0v) is 19.5. The summed E-state index contributed by atoms with van der Waals surface area (Å²) in [6.45, 7) is 0.436. The number of hydrogen-bond donors (Lipinski definition) is 4. The van der Waals surface area contributed by atoms with Gasteiger partial charge >= 0.3 is 0 Å². The second-order valence-corrected chi connectivity index (χ2v) is 8.05. The maximum atomic E-state index is 12.5. The molecule has 4 aromatic rings. The summed E-state index contributed by atoms with van der Waals surface area (Å²) in [5, 5.41) is 11.6. The van der Waals surface area contributed by atoms with E-state index < -0.39 is 0 Å². The molecule has 0 saturated carbocycles. The van der Waals surface area contributed by atoms with Gasteiger partial charge in [0.2, 0.25) is 5.91 Å². The third kappa shape index (κ3) is 7.04. The number of hydrogen-bond acceptors (Lipinski definition) is 4. The summed E-state index contributed by atoms with van der Waals surface area (Å²) >= 11 is 0. The van der Waals surface area contributed by atoms with Crippen LogP contribution in [0.1, 0.15) is 26.3 Å². The first-order chi connectivity index (χ1) is 17.6. The normalized spacial score (nSPS) is 10.2. The molecule has 0 aromatic heterocycles. The topological polar surface area (TPSA) is 99.3 Å². The van der Waals surface area contributed by atoms with Crippen molar-refractivity contribution in [2.45, 2.75) is 6.54 Å². The number of benzene rings is 4. The second kappa shape index (κ2) is 12.0. The number of amides is 3. The molecule has 0 bridgehead atoms. The van der Waals surface area contributed by atoms with E-state index in [1.165, 1.54) is 0 Å². The number of rotatable bonds is 9. The molecular weight excluding hydrogens is 452 g/mol. The number of carbonyl (C=O) groups is 3. The molecule has 0 aliphatic rings. The highest BCUT2D eigenvalue weighted by Gasteiger charge is 2.09. The van der Waals surface area contributed by atoms with Crippen molar-refractivity contribution in [2.24, 2.45) is 0 Å². The van der Waals surface area contributed by atoms with E-state index in [9.17, 15) is 14.4 Å². The van der Waals surface area contributed by atoms with Crippen molar-refractivity contribution < 1.29 is 14.4 Å². The number of nitrogens with one attached hydrogen (secondary N) is 4. The van der Waals surface area contributed by atoms with Gasteiger partial charge in [-0.2, -0.15) is 0 Å². The SMILES string of the molecule is O=C(CNc1cccc(NC(=O)c2ccccc2)c1)Nc1cccc(C(=O)NCc2ccccc2)c1. The van der Waals surface area contributed by atoms with Crippen molar-refractivity contribution in [3.63, 3.8) is 0 Å². The summed E-state index contributed by atoms with van der Waals surface area (Å²) in [5.41, 5.74) is 3.85. The predicted molar refractivity (Wildman–Crippen MR) is 142 cm³/mol. The fraction of sp³-hybridized carbons (Fsp3) is 0.0690. The highest BCUT2D eigenvalue weighted by Crippen LogP contribution is 2.16. The Morgan fingerprint density at radius 1 is 0.556 bits per heavy atom. The molecule has 0 unspecified atom stereocenters. The maximum absolute atomic E-state index is 12.5. The molecular formula is C29H26N4O3. The second-order valence-electron chi connectivity index (χ2n) is 8.05. The van der Waals surface area contributed by atoms with Gasteiger partial charge < -0.3 is 21.3 Å². The van der Waals surface area contributed by atoms with Crippen LogP contribution < -0.4 is 21.3 Å². The molecule has 0 saturated heterocycles. The van der Waals surface area contributed by atoms with E-state index in [1.807, 2.05) is 42.5 Å².